The van der Waals surface area contributed by atoms with Gasteiger partial charge in [-0.3, -0.25) is 4.79 Å². The van der Waals surface area contributed by atoms with E-state index < -0.39 is 0 Å². The first-order chi connectivity index (χ1) is 9.19. The van der Waals surface area contributed by atoms with Crippen LogP contribution in [0.4, 0.5) is 0 Å². The largest absolute Gasteiger partial charge is 0.376 e. The van der Waals surface area contributed by atoms with Gasteiger partial charge in [0.05, 0.1) is 0 Å². The van der Waals surface area contributed by atoms with Crippen LogP contribution in [0.3, 0.4) is 0 Å². The second-order valence-corrected chi connectivity index (χ2v) is 4.65. The fourth-order valence-corrected chi connectivity index (χ4v) is 1.62. The molecule has 0 spiro atoms. The van der Waals surface area contributed by atoms with Crippen LogP contribution in [0.25, 0.3) is 0 Å². The average Bonchev–Trinajstić information content (AvgIpc) is 2.43. The number of nitrogens with zero attached hydrogens (tertiary/aromatic N) is 2. The van der Waals surface area contributed by atoms with Crippen LogP contribution in [0.1, 0.15) is 52.9 Å². The maximum absolute atomic E-state index is 11.8. The molecule has 0 radical (unpaired) electrons. The Labute approximate surface area is 117 Å². The van der Waals surface area contributed by atoms with Gasteiger partial charge in [-0.05, 0) is 19.3 Å². The highest BCUT2D eigenvalue weighted by Gasteiger charge is 2.10. The van der Waals surface area contributed by atoms with Crippen molar-refractivity contribution in [2.24, 2.45) is 0 Å². The van der Waals surface area contributed by atoms with Crippen LogP contribution in [0.5, 0.6) is 0 Å². The number of nitriles is 1. The van der Waals surface area contributed by atoms with Crippen molar-refractivity contribution in [3.05, 3.63) is 11.8 Å². The minimum Gasteiger partial charge on any atom is -0.376 e. The molecular formula is C15H27N3O. The molecule has 0 atom stereocenters. The molecule has 0 fully saturated rings. The van der Waals surface area contributed by atoms with Crippen molar-refractivity contribution in [3.8, 4) is 6.07 Å². The first-order valence-corrected chi connectivity index (χ1v) is 7.33. The van der Waals surface area contributed by atoms with E-state index >= 15 is 0 Å². The summed E-state index contributed by atoms with van der Waals surface area (Å²) in [6.07, 6.45) is 6.97. The van der Waals surface area contributed by atoms with Crippen molar-refractivity contribution in [2.45, 2.75) is 52.9 Å². The Morgan fingerprint density at radius 2 is 1.74 bits per heavy atom. The van der Waals surface area contributed by atoms with E-state index in [-0.39, 0.29) is 11.5 Å². The van der Waals surface area contributed by atoms with Gasteiger partial charge >= 0.3 is 0 Å². The van der Waals surface area contributed by atoms with Gasteiger partial charge in [-0.25, -0.2) is 0 Å². The van der Waals surface area contributed by atoms with Gasteiger partial charge in [-0.1, -0.05) is 33.6 Å². The SMILES string of the molecule is CCCCN(/C=C(/C#N)C(=O)NCCC)CCCC. The highest BCUT2D eigenvalue weighted by molar-refractivity contribution is 5.97. The van der Waals surface area contributed by atoms with Crippen LogP contribution >= 0.6 is 0 Å². The summed E-state index contributed by atoms with van der Waals surface area (Å²) < 4.78 is 0. The smallest absolute Gasteiger partial charge is 0.263 e. The molecule has 0 unspecified atom stereocenters. The highest BCUT2D eigenvalue weighted by atomic mass is 16.1. The third kappa shape index (κ3) is 8.25. The molecule has 0 aromatic rings. The van der Waals surface area contributed by atoms with E-state index in [1.165, 1.54) is 0 Å². The fraction of sp³-hybridized carbons (Fsp3) is 0.733. The molecule has 4 heteroatoms. The number of nitrogens with one attached hydrogen (secondary N) is 1. The molecule has 0 bridgehead atoms. The molecule has 4 nitrogen and oxygen atoms in total. The first kappa shape index (κ1) is 17.5. The Kier molecular flexibility index (Phi) is 10.7. The van der Waals surface area contributed by atoms with Gasteiger partial charge in [0.1, 0.15) is 11.6 Å². The summed E-state index contributed by atoms with van der Waals surface area (Å²) >= 11 is 0. The minimum atomic E-state index is -0.262. The van der Waals surface area contributed by atoms with Gasteiger partial charge in [0.25, 0.3) is 5.91 Å². The summed E-state index contributed by atoms with van der Waals surface area (Å²) in [4.78, 5) is 13.9. The van der Waals surface area contributed by atoms with Gasteiger partial charge in [0, 0.05) is 25.8 Å². The van der Waals surface area contributed by atoms with Crippen LogP contribution in [0, 0.1) is 11.3 Å². The lowest BCUT2D eigenvalue weighted by Gasteiger charge is -2.20. The lowest BCUT2D eigenvalue weighted by atomic mass is 10.2. The quantitative estimate of drug-likeness (QED) is 0.488. The Hall–Kier alpha value is -1.50. The number of rotatable bonds is 10. The molecular weight excluding hydrogens is 238 g/mol. The summed E-state index contributed by atoms with van der Waals surface area (Å²) in [6, 6.07) is 2.00. The maximum Gasteiger partial charge on any atom is 0.263 e. The standard InChI is InChI=1S/C15H27N3O/c1-4-7-10-18(11-8-5-2)13-14(12-16)15(19)17-9-6-3/h13H,4-11H2,1-3H3,(H,17,19)/b14-13-. The second-order valence-electron chi connectivity index (χ2n) is 4.65. The number of carbonyl (C=O) groups is 1. The van der Waals surface area contributed by atoms with Crippen LogP contribution in [0.2, 0.25) is 0 Å². The molecule has 0 aromatic heterocycles. The predicted octanol–water partition coefficient (Wildman–Crippen LogP) is 2.82. The third-order valence-electron chi connectivity index (χ3n) is 2.81. The van der Waals surface area contributed by atoms with Crippen LogP contribution in [-0.2, 0) is 4.79 Å². The fourth-order valence-electron chi connectivity index (χ4n) is 1.62. The minimum absolute atomic E-state index is 0.209. The molecule has 19 heavy (non-hydrogen) atoms. The summed E-state index contributed by atoms with van der Waals surface area (Å²) in [5.74, 6) is -0.262. The molecule has 0 aliphatic heterocycles. The molecule has 0 heterocycles. The molecule has 0 rings (SSSR count). The Bertz CT molecular complexity index is 310. The van der Waals surface area contributed by atoms with Gasteiger partial charge < -0.3 is 10.2 Å². The summed E-state index contributed by atoms with van der Waals surface area (Å²) in [7, 11) is 0. The van der Waals surface area contributed by atoms with Crippen molar-refractivity contribution in [2.75, 3.05) is 19.6 Å². The number of hydrogen-bond donors (Lipinski definition) is 1. The highest BCUT2D eigenvalue weighted by Crippen LogP contribution is 2.04. The normalized spacial score (nSPS) is 10.9. The van der Waals surface area contributed by atoms with E-state index in [0.717, 1.165) is 45.2 Å². The van der Waals surface area contributed by atoms with Gasteiger partial charge in [0.2, 0.25) is 0 Å². The van der Waals surface area contributed by atoms with Crippen molar-refractivity contribution >= 4 is 5.91 Å². The van der Waals surface area contributed by atoms with Crippen molar-refractivity contribution in [1.82, 2.24) is 10.2 Å². The lowest BCUT2D eigenvalue weighted by Crippen LogP contribution is -2.28. The monoisotopic (exact) mass is 265 g/mol. The zero-order valence-electron chi connectivity index (χ0n) is 12.5. The Morgan fingerprint density at radius 1 is 1.16 bits per heavy atom. The number of carbonyl (C=O) groups excluding carboxylic acids is 1. The van der Waals surface area contributed by atoms with E-state index in [4.69, 9.17) is 5.26 Å². The molecule has 0 aliphatic rings. The van der Waals surface area contributed by atoms with Crippen molar-refractivity contribution in [1.29, 1.82) is 5.26 Å². The van der Waals surface area contributed by atoms with Gasteiger partial charge in [0.15, 0.2) is 0 Å². The van der Waals surface area contributed by atoms with Crippen molar-refractivity contribution < 1.29 is 4.79 Å². The van der Waals surface area contributed by atoms with E-state index in [9.17, 15) is 4.79 Å². The van der Waals surface area contributed by atoms with Crippen LogP contribution in [-0.4, -0.2) is 30.4 Å². The van der Waals surface area contributed by atoms with E-state index in [2.05, 4.69) is 24.1 Å². The lowest BCUT2D eigenvalue weighted by molar-refractivity contribution is -0.117. The molecule has 1 N–H and O–H groups in total. The summed E-state index contributed by atoms with van der Waals surface area (Å²) in [5, 5.41) is 11.8. The van der Waals surface area contributed by atoms with E-state index in [0.29, 0.717) is 6.54 Å². The zero-order chi connectivity index (χ0) is 14.5. The van der Waals surface area contributed by atoms with Gasteiger partial charge in [-0.15, -0.1) is 0 Å². The van der Waals surface area contributed by atoms with E-state index in [1.807, 2.05) is 13.0 Å². The summed E-state index contributed by atoms with van der Waals surface area (Å²) in [5.41, 5.74) is 0.209. The predicted molar refractivity (Wildman–Crippen MR) is 78.4 cm³/mol. The average molecular weight is 265 g/mol. The van der Waals surface area contributed by atoms with Crippen LogP contribution in [0.15, 0.2) is 11.8 Å². The Balaban J connectivity index is 4.63. The number of hydrogen-bond acceptors (Lipinski definition) is 3. The molecule has 0 saturated carbocycles. The molecule has 0 aromatic carbocycles. The maximum atomic E-state index is 11.8. The molecule has 108 valence electrons. The number of amides is 1. The van der Waals surface area contributed by atoms with Gasteiger partial charge in [-0.2, -0.15) is 5.26 Å². The van der Waals surface area contributed by atoms with E-state index in [1.54, 1.807) is 6.20 Å². The number of unbranched alkanes of at least 4 members (excludes halogenated alkanes) is 2. The van der Waals surface area contributed by atoms with Crippen molar-refractivity contribution in [3.63, 3.8) is 0 Å². The summed E-state index contributed by atoms with van der Waals surface area (Å²) in [6.45, 7) is 8.69. The van der Waals surface area contributed by atoms with Crippen LogP contribution < -0.4 is 5.32 Å². The molecule has 0 aliphatic carbocycles. The topological polar surface area (TPSA) is 56.1 Å². The first-order valence-electron chi connectivity index (χ1n) is 7.33. The molecule has 1 amide bonds. The second kappa shape index (κ2) is 11.6. The third-order valence-corrected chi connectivity index (χ3v) is 2.81. The Morgan fingerprint density at radius 3 is 2.16 bits per heavy atom. The zero-order valence-corrected chi connectivity index (χ0v) is 12.5. The molecule has 0 saturated heterocycles.